The fraction of sp³-hybridized carbons (Fsp3) is 0.533. The van der Waals surface area contributed by atoms with Crippen molar-refractivity contribution in [2.24, 2.45) is 5.92 Å². The maximum atomic E-state index is 12.3. The van der Waals surface area contributed by atoms with Crippen molar-refractivity contribution in [3.63, 3.8) is 0 Å². The average molecular weight is 260 g/mol. The quantitative estimate of drug-likeness (QED) is 0.877. The van der Waals surface area contributed by atoms with E-state index < -0.39 is 0 Å². The van der Waals surface area contributed by atoms with Gasteiger partial charge in [0.1, 0.15) is 0 Å². The summed E-state index contributed by atoms with van der Waals surface area (Å²) in [7, 11) is 0. The molecule has 1 amide bonds. The van der Waals surface area contributed by atoms with Crippen molar-refractivity contribution in [1.29, 1.82) is 0 Å². The van der Waals surface area contributed by atoms with Crippen molar-refractivity contribution in [2.75, 3.05) is 31.2 Å². The number of nitrogens with zero attached hydrogens (tertiary/aromatic N) is 1. The van der Waals surface area contributed by atoms with E-state index in [1.165, 1.54) is 5.56 Å². The molecule has 2 heterocycles. The fourth-order valence-electron chi connectivity index (χ4n) is 2.84. The first kappa shape index (κ1) is 12.6. The van der Waals surface area contributed by atoms with E-state index in [1.807, 2.05) is 17.0 Å². The number of hydrogen-bond acceptors (Lipinski definition) is 3. The summed E-state index contributed by atoms with van der Waals surface area (Å²) in [6.45, 7) is 3.67. The molecular weight excluding hydrogens is 240 g/mol. The van der Waals surface area contributed by atoms with Gasteiger partial charge in [-0.15, -0.1) is 0 Å². The molecule has 1 fully saturated rings. The molecule has 0 unspecified atom stereocenters. The SMILES string of the molecule is O=C1CNCc2ccccc2N1CC1CCOCC1. The van der Waals surface area contributed by atoms with E-state index in [2.05, 4.69) is 17.4 Å². The molecule has 0 aliphatic carbocycles. The predicted octanol–water partition coefficient (Wildman–Crippen LogP) is 1.55. The predicted molar refractivity (Wildman–Crippen MR) is 74.0 cm³/mol. The Hall–Kier alpha value is -1.39. The van der Waals surface area contributed by atoms with E-state index >= 15 is 0 Å². The van der Waals surface area contributed by atoms with Gasteiger partial charge in [-0.1, -0.05) is 18.2 Å². The van der Waals surface area contributed by atoms with Crippen LogP contribution in [0.25, 0.3) is 0 Å². The molecule has 2 aliphatic heterocycles. The number of fused-ring (bicyclic) bond motifs is 1. The molecule has 1 N–H and O–H groups in total. The van der Waals surface area contributed by atoms with Gasteiger partial charge in [0.15, 0.2) is 0 Å². The molecule has 4 heteroatoms. The highest BCUT2D eigenvalue weighted by atomic mass is 16.5. The van der Waals surface area contributed by atoms with Crippen LogP contribution < -0.4 is 10.2 Å². The molecule has 1 aromatic carbocycles. The van der Waals surface area contributed by atoms with Crippen LogP contribution in [0.4, 0.5) is 5.69 Å². The number of carbonyl (C=O) groups is 1. The number of para-hydroxylation sites is 1. The third-order valence-electron chi connectivity index (χ3n) is 3.96. The zero-order valence-electron chi connectivity index (χ0n) is 11.1. The third-order valence-corrected chi connectivity index (χ3v) is 3.96. The summed E-state index contributed by atoms with van der Waals surface area (Å²) in [6, 6.07) is 8.19. The minimum absolute atomic E-state index is 0.177. The van der Waals surface area contributed by atoms with Crippen molar-refractivity contribution in [2.45, 2.75) is 19.4 Å². The second kappa shape index (κ2) is 5.72. The molecule has 0 spiro atoms. The maximum absolute atomic E-state index is 12.3. The smallest absolute Gasteiger partial charge is 0.240 e. The lowest BCUT2D eigenvalue weighted by Crippen LogP contribution is -2.40. The largest absolute Gasteiger partial charge is 0.381 e. The molecule has 0 saturated carbocycles. The molecule has 1 aromatic rings. The number of rotatable bonds is 2. The third kappa shape index (κ3) is 2.80. The van der Waals surface area contributed by atoms with Crippen molar-refractivity contribution in [3.05, 3.63) is 29.8 Å². The monoisotopic (exact) mass is 260 g/mol. The van der Waals surface area contributed by atoms with Crippen LogP contribution in [0.1, 0.15) is 18.4 Å². The van der Waals surface area contributed by atoms with Crippen molar-refractivity contribution < 1.29 is 9.53 Å². The summed E-state index contributed by atoms with van der Waals surface area (Å²) in [4.78, 5) is 14.2. The average Bonchev–Trinajstić information content (AvgIpc) is 2.61. The molecule has 102 valence electrons. The zero-order chi connectivity index (χ0) is 13.1. The Morgan fingerprint density at radius 1 is 1.21 bits per heavy atom. The lowest BCUT2D eigenvalue weighted by atomic mass is 9.99. The Morgan fingerprint density at radius 3 is 2.84 bits per heavy atom. The van der Waals surface area contributed by atoms with E-state index in [9.17, 15) is 4.79 Å². The molecule has 19 heavy (non-hydrogen) atoms. The highest BCUT2D eigenvalue weighted by molar-refractivity contribution is 5.96. The molecule has 1 saturated heterocycles. The number of benzene rings is 1. The van der Waals surface area contributed by atoms with Gasteiger partial charge in [-0.05, 0) is 30.4 Å². The van der Waals surface area contributed by atoms with Crippen LogP contribution in [0.5, 0.6) is 0 Å². The topological polar surface area (TPSA) is 41.6 Å². The van der Waals surface area contributed by atoms with Gasteiger partial charge in [0.05, 0.1) is 6.54 Å². The fourth-order valence-corrected chi connectivity index (χ4v) is 2.84. The summed E-state index contributed by atoms with van der Waals surface area (Å²) in [5, 5.41) is 3.20. The normalized spacial score (nSPS) is 21.1. The molecule has 4 nitrogen and oxygen atoms in total. The minimum Gasteiger partial charge on any atom is -0.381 e. The van der Waals surface area contributed by atoms with E-state index in [0.29, 0.717) is 12.5 Å². The maximum Gasteiger partial charge on any atom is 0.240 e. The van der Waals surface area contributed by atoms with Gasteiger partial charge in [-0.25, -0.2) is 0 Å². The second-order valence-corrected chi connectivity index (χ2v) is 5.29. The molecule has 0 aromatic heterocycles. The van der Waals surface area contributed by atoms with Gasteiger partial charge < -0.3 is 15.0 Å². The molecular formula is C15H20N2O2. The summed E-state index contributed by atoms with van der Waals surface area (Å²) >= 11 is 0. The van der Waals surface area contributed by atoms with E-state index in [0.717, 1.165) is 44.8 Å². The number of ether oxygens (including phenoxy) is 1. The van der Waals surface area contributed by atoms with Gasteiger partial charge in [0.25, 0.3) is 0 Å². The molecule has 0 radical (unpaired) electrons. The second-order valence-electron chi connectivity index (χ2n) is 5.29. The van der Waals surface area contributed by atoms with Gasteiger partial charge in [0.2, 0.25) is 5.91 Å². The van der Waals surface area contributed by atoms with Gasteiger partial charge in [-0.2, -0.15) is 0 Å². The number of carbonyl (C=O) groups excluding carboxylic acids is 1. The Balaban J connectivity index is 1.82. The van der Waals surface area contributed by atoms with E-state index in [1.54, 1.807) is 0 Å². The Labute approximate surface area is 113 Å². The molecule has 3 rings (SSSR count). The number of anilines is 1. The Morgan fingerprint density at radius 2 is 2.00 bits per heavy atom. The summed E-state index contributed by atoms with van der Waals surface area (Å²) < 4.78 is 5.39. The lowest BCUT2D eigenvalue weighted by molar-refractivity contribution is -0.118. The Kier molecular flexibility index (Phi) is 3.80. The highest BCUT2D eigenvalue weighted by Gasteiger charge is 2.25. The Bertz CT molecular complexity index is 455. The van der Waals surface area contributed by atoms with Crippen LogP contribution >= 0.6 is 0 Å². The summed E-state index contributed by atoms with van der Waals surface area (Å²) in [5.41, 5.74) is 2.28. The lowest BCUT2D eigenvalue weighted by Gasteiger charge is -2.29. The van der Waals surface area contributed by atoms with Gasteiger partial charge >= 0.3 is 0 Å². The first-order valence-electron chi connectivity index (χ1n) is 7.01. The van der Waals surface area contributed by atoms with Gasteiger partial charge in [0, 0.05) is 32.0 Å². The van der Waals surface area contributed by atoms with Crippen LogP contribution in [-0.2, 0) is 16.1 Å². The van der Waals surface area contributed by atoms with Crippen LogP contribution in [0.2, 0.25) is 0 Å². The molecule has 2 aliphatic rings. The first-order chi connectivity index (χ1) is 9.34. The van der Waals surface area contributed by atoms with Crippen molar-refractivity contribution >= 4 is 11.6 Å². The van der Waals surface area contributed by atoms with Crippen molar-refractivity contribution in [3.8, 4) is 0 Å². The molecule has 0 bridgehead atoms. The van der Waals surface area contributed by atoms with Crippen LogP contribution in [0.3, 0.4) is 0 Å². The number of nitrogens with one attached hydrogen (secondary N) is 1. The highest BCUT2D eigenvalue weighted by Crippen LogP contribution is 2.26. The van der Waals surface area contributed by atoms with Gasteiger partial charge in [-0.3, -0.25) is 4.79 Å². The minimum atomic E-state index is 0.177. The van der Waals surface area contributed by atoms with E-state index in [4.69, 9.17) is 4.74 Å². The first-order valence-corrected chi connectivity index (χ1v) is 7.01. The number of amides is 1. The number of hydrogen-bond donors (Lipinski definition) is 1. The van der Waals surface area contributed by atoms with E-state index in [-0.39, 0.29) is 5.91 Å². The van der Waals surface area contributed by atoms with Crippen LogP contribution in [0, 0.1) is 5.92 Å². The molecule has 0 atom stereocenters. The standard InChI is InChI=1S/C15H20N2O2/c18-15-10-16-9-13-3-1-2-4-14(13)17(15)11-12-5-7-19-8-6-12/h1-4,12,16H,5-11H2. The summed E-state index contributed by atoms with van der Waals surface area (Å²) in [6.07, 6.45) is 2.11. The van der Waals surface area contributed by atoms with Crippen molar-refractivity contribution in [1.82, 2.24) is 5.32 Å². The zero-order valence-corrected chi connectivity index (χ0v) is 11.1. The van der Waals surface area contributed by atoms with Crippen LogP contribution in [-0.4, -0.2) is 32.2 Å². The summed E-state index contributed by atoms with van der Waals surface area (Å²) in [5.74, 6) is 0.736. The van der Waals surface area contributed by atoms with Crippen LogP contribution in [0.15, 0.2) is 24.3 Å².